The Hall–Kier alpha value is -1.18. The Morgan fingerprint density at radius 3 is 2.52 bits per heavy atom. The van der Waals surface area contributed by atoms with Crippen molar-refractivity contribution in [2.24, 2.45) is 16.7 Å². The van der Waals surface area contributed by atoms with Crippen LogP contribution in [0.5, 0.6) is 5.75 Å². The molecule has 2 saturated carbocycles. The third-order valence-corrected chi connectivity index (χ3v) is 5.82. The molecule has 3 rings (SSSR count). The van der Waals surface area contributed by atoms with Crippen molar-refractivity contribution in [1.82, 2.24) is 0 Å². The summed E-state index contributed by atoms with van der Waals surface area (Å²) in [6.45, 7) is 11.5. The highest BCUT2D eigenvalue weighted by Crippen LogP contribution is 2.63. The van der Waals surface area contributed by atoms with Gasteiger partial charge in [-0.25, -0.2) is 0 Å². The molecule has 2 aliphatic carbocycles. The van der Waals surface area contributed by atoms with Crippen LogP contribution in [0.15, 0.2) is 24.3 Å². The number of benzene rings is 1. The Bertz CT molecular complexity index is 517. The summed E-state index contributed by atoms with van der Waals surface area (Å²) in [6, 6.07) is 8.91. The fourth-order valence-corrected chi connectivity index (χ4v) is 4.76. The minimum absolute atomic E-state index is 0.205. The van der Waals surface area contributed by atoms with Crippen molar-refractivity contribution in [3.05, 3.63) is 24.3 Å². The molecule has 21 heavy (non-hydrogen) atoms. The average molecular weight is 287 g/mol. The van der Waals surface area contributed by atoms with E-state index in [0.29, 0.717) is 16.9 Å². The van der Waals surface area contributed by atoms with Gasteiger partial charge in [-0.1, -0.05) is 32.9 Å². The van der Waals surface area contributed by atoms with Crippen LogP contribution in [0.1, 0.15) is 53.9 Å². The average Bonchev–Trinajstić information content (AvgIpc) is 2.87. The van der Waals surface area contributed by atoms with Crippen LogP contribution in [0, 0.1) is 16.7 Å². The molecule has 2 aliphatic rings. The van der Waals surface area contributed by atoms with Crippen molar-refractivity contribution in [2.75, 3.05) is 5.32 Å². The van der Waals surface area contributed by atoms with E-state index in [2.05, 4.69) is 64.2 Å². The van der Waals surface area contributed by atoms with E-state index in [0.717, 1.165) is 17.4 Å². The van der Waals surface area contributed by atoms with Gasteiger partial charge in [-0.15, -0.1) is 0 Å². The smallest absolute Gasteiger partial charge is 0.142 e. The van der Waals surface area contributed by atoms with E-state index in [1.54, 1.807) is 0 Å². The molecule has 0 aliphatic heterocycles. The highest BCUT2D eigenvalue weighted by Gasteiger charge is 2.59. The molecule has 1 N–H and O–H groups in total. The molecule has 1 unspecified atom stereocenters. The van der Waals surface area contributed by atoms with Gasteiger partial charge in [-0.3, -0.25) is 0 Å². The van der Waals surface area contributed by atoms with Crippen LogP contribution >= 0.6 is 0 Å². The fourth-order valence-electron chi connectivity index (χ4n) is 4.76. The Labute approximate surface area is 129 Å². The summed E-state index contributed by atoms with van der Waals surface area (Å²) in [5, 5.41) is 3.85. The third-order valence-electron chi connectivity index (χ3n) is 5.82. The Kier molecular flexibility index (Phi) is 3.46. The van der Waals surface area contributed by atoms with Crippen LogP contribution in [0.2, 0.25) is 0 Å². The zero-order valence-electron chi connectivity index (χ0n) is 14.1. The molecular weight excluding hydrogens is 258 g/mol. The number of ether oxygens (including phenoxy) is 1. The largest absolute Gasteiger partial charge is 0.489 e. The lowest BCUT2D eigenvalue weighted by atomic mass is 9.68. The highest BCUT2D eigenvalue weighted by molar-refractivity contribution is 5.57. The van der Waals surface area contributed by atoms with Gasteiger partial charge in [0.25, 0.3) is 0 Å². The third kappa shape index (κ3) is 2.43. The monoisotopic (exact) mass is 287 g/mol. The summed E-state index contributed by atoms with van der Waals surface area (Å²) in [6.07, 6.45) is 4.32. The zero-order valence-corrected chi connectivity index (χ0v) is 14.1. The number of rotatable bonds is 4. The van der Waals surface area contributed by atoms with Crippen LogP contribution < -0.4 is 10.1 Å². The van der Waals surface area contributed by atoms with Crippen LogP contribution in [0.4, 0.5) is 5.69 Å². The van der Waals surface area contributed by atoms with Crippen LogP contribution in [-0.4, -0.2) is 12.1 Å². The molecular formula is C19H29NO. The van der Waals surface area contributed by atoms with E-state index >= 15 is 0 Å². The summed E-state index contributed by atoms with van der Waals surface area (Å²) in [5.74, 6) is 1.84. The van der Waals surface area contributed by atoms with Crippen LogP contribution in [0.3, 0.4) is 0 Å². The maximum atomic E-state index is 5.97. The zero-order chi connectivity index (χ0) is 15.3. The number of para-hydroxylation sites is 2. The van der Waals surface area contributed by atoms with Crippen molar-refractivity contribution in [3.8, 4) is 5.75 Å². The number of nitrogens with one attached hydrogen (secondary N) is 1. The molecule has 0 spiro atoms. The van der Waals surface area contributed by atoms with Gasteiger partial charge in [-0.2, -0.15) is 0 Å². The molecule has 2 heteroatoms. The maximum absolute atomic E-state index is 5.97. The first-order valence-electron chi connectivity index (χ1n) is 8.35. The van der Waals surface area contributed by atoms with Gasteiger partial charge in [-0.05, 0) is 62.0 Å². The molecule has 2 bridgehead atoms. The number of hydrogen-bond acceptors (Lipinski definition) is 2. The quantitative estimate of drug-likeness (QED) is 0.831. The molecule has 1 aromatic rings. The van der Waals surface area contributed by atoms with E-state index in [4.69, 9.17) is 4.74 Å². The van der Waals surface area contributed by atoms with Gasteiger partial charge in [0.2, 0.25) is 0 Å². The topological polar surface area (TPSA) is 21.3 Å². The second kappa shape index (κ2) is 4.93. The van der Waals surface area contributed by atoms with E-state index in [1.807, 2.05) is 0 Å². The van der Waals surface area contributed by atoms with Gasteiger partial charge in [0.1, 0.15) is 5.75 Å². The lowest BCUT2D eigenvalue weighted by Gasteiger charge is -2.43. The number of fused-ring (bicyclic) bond motifs is 2. The summed E-state index contributed by atoms with van der Waals surface area (Å²) in [5.41, 5.74) is 1.94. The molecule has 2 fully saturated rings. The van der Waals surface area contributed by atoms with Gasteiger partial charge < -0.3 is 10.1 Å². The van der Waals surface area contributed by atoms with Crippen LogP contribution in [-0.2, 0) is 0 Å². The molecule has 0 amide bonds. The Balaban J connectivity index is 1.87. The van der Waals surface area contributed by atoms with Crippen LogP contribution in [0.25, 0.3) is 0 Å². The van der Waals surface area contributed by atoms with Gasteiger partial charge in [0.05, 0.1) is 11.8 Å². The first-order valence-corrected chi connectivity index (χ1v) is 8.35. The van der Waals surface area contributed by atoms with E-state index in [9.17, 15) is 0 Å². The van der Waals surface area contributed by atoms with E-state index in [1.165, 1.54) is 19.3 Å². The summed E-state index contributed by atoms with van der Waals surface area (Å²) < 4.78 is 5.97. The predicted molar refractivity (Wildman–Crippen MR) is 88.8 cm³/mol. The summed E-state index contributed by atoms with van der Waals surface area (Å²) >= 11 is 0. The van der Waals surface area contributed by atoms with Crippen molar-refractivity contribution < 1.29 is 4.74 Å². The SMILES string of the molecule is CC(C)Oc1ccccc1NC1C(C)(C)[C@H]2CC[C@]1(C)C2. The first kappa shape index (κ1) is 14.7. The minimum atomic E-state index is 0.205. The lowest BCUT2D eigenvalue weighted by Crippen LogP contribution is -2.45. The number of hydrogen-bond donors (Lipinski definition) is 1. The van der Waals surface area contributed by atoms with Crippen molar-refractivity contribution in [2.45, 2.75) is 66.0 Å². The van der Waals surface area contributed by atoms with Gasteiger partial charge in [0.15, 0.2) is 0 Å². The molecule has 116 valence electrons. The van der Waals surface area contributed by atoms with Crippen molar-refractivity contribution >= 4 is 5.69 Å². The lowest BCUT2D eigenvalue weighted by molar-refractivity contribution is 0.155. The number of anilines is 1. The molecule has 0 heterocycles. The first-order chi connectivity index (χ1) is 9.83. The van der Waals surface area contributed by atoms with Gasteiger partial charge >= 0.3 is 0 Å². The molecule has 3 atom stereocenters. The normalized spacial score (nSPS) is 33.4. The van der Waals surface area contributed by atoms with Crippen molar-refractivity contribution in [3.63, 3.8) is 0 Å². The van der Waals surface area contributed by atoms with E-state index < -0.39 is 0 Å². The highest BCUT2D eigenvalue weighted by atomic mass is 16.5. The Morgan fingerprint density at radius 1 is 1.19 bits per heavy atom. The molecule has 2 nitrogen and oxygen atoms in total. The van der Waals surface area contributed by atoms with Crippen molar-refractivity contribution in [1.29, 1.82) is 0 Å². The molecule has 0 aromatic heterocycles. The molecule has 0 saturated heterocycles. The summed E-state index contributed by atoms with van der Waals surface area (Å²) in [4.78, 5) is 0. The standard InChI is InChI=1S/C19H29NO/c1-13(2)21-16-9-7-6-8-15(16)20-17-18(3,4)14-10-11-19(17,5)12-14/h6-9,13-14,17,20H,10-12H2,1-5H3/t14-,17?,19+/m0/s1. The molecule has 0 radical (unpaired) electrons. The molecule has 1 aromatic carbocycles. The second-order valence-corrected chi connectivity index (χ2v) is 8.16. The maximum Gasteiger partial charge on any atom is 0.142 e. The fraction of sp³-hybridized carbons (Fsp3) is 0.684. The van der Waals surface area contributed by atoms with E-state index in [-0.39, 0.29) is 6.10 Å². The second-order valence-electron chi connectivity index (χ2n) is 8.16. The summed E-state index contributed by atoms with van der Waals surface area (Å²) in [7, 11) is 0. The van der Waals surface area contributed by atoms with Gasteiger partial charge in [0, 0.05) is 6.04 Å². The Morgan fingerprint density at radius 2 is 1.90 bits per heavy atom. The minimum Gasteiger partial charge on any atom is -0.489 e. The predicted octanol–water partition coefficient (Wildman–Crippen LogP) is 5.10.